The molecule has 1 aliphatic rings. The fourth-order valence-electron chi connectivity index (χ4n) is 3.92. The van der Waals surface area contributed by atoms with Gasteiger partial charge in [0.05, 0.1) is 14.9 Å². The van der Waals surface area contributed by atoms with Crippen LogP contribution in [0.5, 0.6) is 0 Å². The molecule has 144 valence electrons. The zero-order chi connectivity index (χ0) is 19.4. The molecule has 7 heteroatoms. The molecule has 3 heterocycles. The standard InChI is InChI=1S/C22H16FN3S3/c23-13-7-5-11-17-19(13)25-22(29-17)26-21-18(12-6-1-3-9-15(12)27-21)20-24-14-8-2-4-10-16(14)28-20/h2,4-5,7-8,10-11H,1,3,6,9H2,(H,25,26). The summed E-state index contributed by atoms with van der Waals surface area (Å²) in [6.07, 6.45) is 4.66. The van der Waals surface area contributed by atoms with Crippen LogP contribution in [0, 0.1) is 5.82 Å². The van der Waals surface area contributed by atoms with E-state index >= 15 is 0 Å². The third kappa shape index (κ3) is 2.96. The summed E-state index contributed by atoms with van der Waals surface area (Å²) < 4.78 is 16.2. The van der Waals surface area contributed by atoms with Crippen molar-refractivity contribution in [1.29, 1.82) is 0 Å². The number of rotatable bonds is 3. The van der Waals surface area contributed by atoms with E-state index in [2.05, 4.69) is 28.5 Å². The van der Waals surface area contributed by atoms with Gasteiger partial charge in [0.1, 0.15) is 21.3 Å². The number of halogens is 1. The number of nitrogens with one attached hydrogen (secondary N) is 1. The Morgan fingerprint density at radius 2 is 1.72 bits per heavy atom. The maximum Gasteiger partial charge on any atom is 0.189 e. The first kappa shape index (κ1) is 17.5. The molecule has 0 saturated carbocycles. The normalized spacial score (nSPS) is 13.8. The number of anilines is 2. The second-order valence-electron chi connectivity index (χ2n) is 7.13. The van der Waals surface area contributed by atoms with Crippen molar-refractivity contribution < 1.29 is 4.39 Å². The van der Waals surface area contributed by atoms with Crippen LogP contribution in [0.2, 0.25) is 0 Å². The Bertz CT molecular complexity index is 1330. The minimum atomic E-state index is -0.274. The number of thiophene rings is 1. The molecule has 2 aromatic carbocycles. The highest BCUT2D eigenvalue weighted by molar-refractivity contribution is 7.24. The Hall–Kier alpha value is -2.35. The summed E-state index contributed by atoms with van der Waals surface area (Å²) >= 11 is 5.03. The van der Waals surface area contributed by atoms with Crippen LogP contribution in [0.1, 0.15) is 23.3 Å². The third-order valence-corrected chi connectivity index (χ3v) is 8.47. The van der Waals surface area contributed by atoms with Gasteiger partial charge in [0, 0.05) is 10.4 Å². The first-order chi connectivity index (χ1) is 14.3. The molecule has 0 fully saturated rings. The molecule has 1 aliphatic carbocycles. The van der Waals surface area contributed by atoms with Crippen LogP contribution in [0.3, 0.4) is 0 Å². The van der Waals surface area contributed by atoms with Crippen molar-refractivity contribution in [2.75, 3.05) is 5.32 Å². The minimum absolute atomic E-state index is 0.274. The lowest BCUT2D eigenvalue weighted by atomic mass is 9.96. The predicted octanol–water partition coefficient (Wildman–Crippen LogP) is 7.40. The van der Waals surface area contributed by atoms with Gasteiger partial charge in [0.25, 0.3) is 0 Å². The van der Waals surface area contributed by atoms with Crippen molar-refractivity contribution in [2.24, 2.45) is 0 Å². The van der Waals surface area contributed by atoms with E-state index in [1.54, 1.807) is 28.7 Å². The summed E-state index contributed by atoms with van der Waals surface area (Å²) in [5, 5.41) is 6.38. The summed E-state index contributed by atoms with van der Waals surface area (Å²) in [7, 11) is 0. The van der Waals surface area contributed by atoms with Gasteiger partial charge in [-0.2, -0.15) is 0 Å². The summed E-state index contributed by atoms with van der Waals surface area (Å²) in [5.74, 6) is -0.274. The topological polar surface area (TPSA) is 37.8 Å². The minimum Gasteiger partial charge on any atom is -0.323 e. The molecule has 0 atom stereocenters. The van der Waals surface area contributed by atoms with E-state index in [4.69, 9.17) is 4.98 Å². The SMILES string of the molecule is Fc1cccc2sc(Nc3sc4c(c3-c3nc5ccccc5s3)CCCC4)nc12. The zero-order valence-corrected chi connectivity index (χ0v) is 17.8. The molecule has 1 N–H and O–H groups in total. The second-order valence-corrected chi connectivity index (χ2v) is 10.3. The molecule has 3 aromatic heterocycles. The van der Waals surface area contributed by atoms with Gasteiger partial charge in [0.2, 0.25) is 0 Å². The quantitative estimate of drug-likeness (QED) is 0.320. The van der Waals surface area contributed by atoms with Gasteiger partial charge in [0.15, 0.2) is 5.13 Å². The van der Waals surface area contributed by atoms with Crippen molar-refractivity contribution in [3.8, 4) is 10.6 Å². The monoisotopic (exact) mass is 437 g/mol. The molecule has 0 bridgehead atoms. The van der Waals surface area contributed by atoms with Gasteiger partial charge in [-0.1, -0.05) is 29.5 Å². The molecule has 0 radical (unpaired) electrons. The van der Waals surface area contributed by atoms with Gasteiger partial charge in [-0.25, -0.2) is 14.4 Å². The number of aromatic nitrogens is 2. The Labute approximate surface area is 178 Å². The number of hydrogen-bond acceptors (Lipinski definition) is 6. The van der Waals surface area contributed by atoms with Crippen LogP contribution < -0.4 is 5.32 Å². The number of thiazole rings is 2. The van der Waals surface area contributed by atoms with E-state index in [1.807, 2.05) is 12.1 Å². The second kappa shape index (κ2) is 6.86. The first-order valence-electron chi connectivity index (χ1n) is 9.59. The maximum atomic E-state index is 14.1. The average molecular weight is 438 g/mol. The number of hydrogen-bond donors (Lipinski definition) is 1. The molecule has 3 nitrogen and oxygen atoms in total. The lowest BCUT2D eigenvalue weighted by molar-refractivity contribution is 0.637. The molecule has 0 aliphatic heterocycles. The van der Waals surface area contributed by atoms with Crippen molar-refractivity contribution in [2.45, 2.75) is 25.7 Å². The van der Waals surface area contributed by atoms with Crippen LogP contribution in [-0.2, 0) is 12.8 Å². The van der Waals surface area contributed by atoms with Crippen LogP contribution in [0.25, 0.3) is 31.0 Å². The molecule has 6 rings (SSSR count). The smallest absolute Gasteiger partial charge is 0.189 e. The Balaban J connectivity index is 1.49. The molecule has 0 spiro atoms. The third-order valence-electron chi connectivity index (χ3n) is 5.27. The van der Waals surface area contributed by atoms with Crippen LogP contribution >= 0.6 is 34.0 Å². The van der Waals surface area contributed by atoms with Crippen molar-refractivity contribution in [3.05, 3.63) is 58.7 Å². The Morgan fingerprint density at radius 1 is 0.862 bits per heavy atom. The van der Waals surface area contributed by atoms with Crippen LogP contribution in [0.4, 0.5) is 14.5 Å². The van der Waals surface area contributed by atoms with E-state index in [0.717, 1.165) is 38.2 Å². The molecular weight excluding hydrogens is 421 g/mol. The summed E-state index contributed by atoms with van der Waals surface area (Å²) in [6.45, 7) is 0. The summed E-state index contributed by atoms with van der Waals surface area (Å²) in [6, 6.07) is 13.4. The number of fused-ring (bicyclic) bond motifs is 3. The number of aryl methyl sites for hydroxylation is 1. The number of benzene rings is 2. The Morgan fingerprint density at radius 3 is 2.62 bits per heavy atom. The molecule has 0 amide bonds. The summed E-state index contributed by atoms with van der Waals surface area (Å²) in [4.78, 5) is 10.9. The number of para-hydroxylation sites is 2. The van der Waals surface area contributed by atoms with E-state index in [9.17, 15) is 4.39 Å². The van der Waals surface area contributed by atoms with Gasteiger partial charge >= 0.3 is 0 Å². The lowest BCUT2D eigenvalue weighted by Crippen LogP contribution is -1.99. The van der Waals surface area contributed by atoms with E-state index < -0.39 is 0 Å². The largest absolute Gasteiger partial charge is 0.323 e. The van der Waals surface area contributed by atoms with Gasteiger partial charge < -0.3 is 5.32 Å². The fourth-order valence-corrected chi connectivity index (χ4v) is 7.27. The lowest BCUT2D eigenvalue weighted by Gasteiger charge is -2.11. The van der Waals surface area contributed by atoms with Crippen molar-refractivity contribution >= 4 is 64.6 Å². The average Bonchev–Trinajstić information content (AvgIpc) is 3.42. The van der Waals surface area contributed by atoms with Gasteiger partial charge in [-0.15, -0.1) is 22.7 Å². The first-order valence-corrected chi connectivity index (χ1v) is 12.0. The maximum absolute atomic E-state index is 14.1. The molecule has 29 heavy (non-hydrogen) atoms. The summed E-state index contributed by atoms with van der Waals surface area (Å²) in [5.41, 5.74) is 4.11. The van der Waals surface area contributed by atoms with Gasteiger partial charge in [-0.05, 0) is 55.5 Å². The highest BCUT2D eigenvalue weighted by Gasteiger charge is 2.25. The molecule has 5 aromatic rings. The molecule has 0 unspecified atom stereocenters. The van der Waals surface area contributed by atoms with Crippen LogP contribution in [0.15, 0.2) is 42.5 Å². The van der Waals surface area contributed by atoms with Crippen molar-refractivity contribution in [1.82, 2.24) is 9.97 Å². The molecule has 0 saturated heterocycles. The highest BCUT2D eigenvalue weighted by atomic mass is 32.1. The van der Waals surface area contributed by atoms with Gasteiger partial charge in [-0.3, -0.25) is 0 Å². The van der Waals surface area contributed by atoms with Crippen molar-refractivity contribution in [3.63, 3.8) is 0 Å². The van der Waals surface area contributed by atoms with Crippen LogP contribution in [-0.4, -0.2) is 9.97 Å². The predicted molar refractivity (Wildman–Crippen MR) is 122 cm³/mol. The highest BCUT2D eigenvalue weighted by Crippen LogP contribution is 2.47. The van der Waals surface area contributed by atoms with E-state index in [-0.39, 0.29) is 5.82 Å². The van der Waals surface area contributed by atoms with E-state index in [0.29, 0.717) is 5.52 Å². The van der Waals surface area contributed by atoms with E-state index in [1.165, 1.54) is 50.9 Å². The Kier molecular flexibility index (Phi) is 4.14. The molecular formula is C22H16FN3S3. The zero-order valence-electron chi connectivity index (χ0n) is 15.4. The number of nitrogens with zero attached hydrogens (tertiary/aromatic N) is 2. The fraction of sp³-hybridized carbons (Fsp3) is 0.182.